The van der Waals surface area contributed by atoms with Crippen molar-refractivity contribution < 1.29 is 4.42 Å². The molecule has 3 nitrogen and oxygen atoms in total. The van der Waals surface area contributed by atoms with Crippen molar-refractivity contribution in [2.45, 2.75) is 0 Å². The Bertz CT molecular complexity index is 3490. The minimum absolute atomic E-state index is 0.887. The number of rotatable bonds is 5. The van der Waals surface area contributed by atoms with Gasteiger partial charge in [0.2, 0.25) is 0 Å². The second-order valence-electron chi connectivity index (χ2n) is 14.9. The fourth-order valence-electron chi connectivity index (χ4n) is 9.12. The van der Waals surface area contributed by atoms with Crippen LogP contribution in [0.4, 0.5) is 0 Å². The predicted molar refractivity (Wildman–Crippen MR) is 239 cm³/mol. The van der Waals surface area contributed by atoms with Crippen LogP contribution in [0.15, 0.2) is 211 Å². The first-order valence-corrected chi connectivity index (χ1v) is 19.5. The van der Waals surface area contributed by atoms with Gasteiger partial charge in [0.25, 0.3) is 0 Å². The number of aromatic nitrogens is 2. The van der Waals surface area contributed by atoms with Crippen LogP contribution in [-0.4, -0.2) is 9.13 Å². The SMILES string of the molecule is c1ccc(-c2ccc(-n3c4ccccc4c4cc(-c5ccc6c7ccccc7n(-c7ccc(-c8ccccc8)c8oc9ccccc9c78)c6c5)ccc43)cc2)cc1. The van der Waals surface area contributed by atoms with E-state index in [1.54, 1.807) is 0 Å². The van der Waals surface area contributed by atoms with Crippen molar-refractivity contribution in [1.29, 1.82) is 0 Å². The minimum atomic E-state index is 0.887. The van der Waals surface area contributed by atoms with Crippen LogP contribution in [0.25, 0.3) is 110 Å². The molecule has 266 valence electrons. The van der Waals surface area contributed by atoms with E-state index in [-0.39, 0.29) is 0 Å². The normalized spacial score (nSPS) is 11.9. The van der Waals surface area contributed by atoms with Gasteiger partial charge in [-0.25, -0.2) is 0 Å². The summed E-state index contributed by atoms with van der Waals surface area (Å²) >= 11 is 0. The summed E-state index contributed by atoms with van der Waals surface area (Å²) in [6.07, 6.45) is 0. The van der Waals surface area contributed by atoms with Gasteiger partial charge in [-0.3, -0.25) is 0 Å². The van der Waals surface area contributed by atoms with Crippen LogP contribution in [0.5, 0.6) is 0 Å². The molecule has 0 aliphatic rings. The van der Waals surface area contributed by atoms with Crippen LogP contribution in [-0.2, 0) is 0 Å². The average Bonchev–Trinajstić information content (AvgIpc) is 3.95. The first kappa shape index (κ1) is 31.7. The molecule has 3 heterocycles. The van der Waals surface area contributed by atoms with Crippen molar-refractivity contribution in [2.75, 3.05) is 0 Å². The second-order valence-corrected chi connectivity index (χ2v) is 14.9. The summed E-state index contributed by atoms with van der Waals surface area (Å²) in [4.78, 5) is 0. The molecule has 0 unspecified atom stereocenters. The fourth-order valence-corrected chi connectivity index (χ4v) is 9.12. The maximum Gasteiger partial charge on any atom is 0.145 e. The van der Waals surface area contributed by atoms with Gasteiger partial charge < -0.3 is 13.6 Å². The molecule has 0 radical (unpaired) electrons. The highest BCUT2D eigenvalue weighted by Gasteiger charge is 2.21. The zero-order chi connectivity index (χ0) is 37.5. The molecule has 0 aliphatic carbocycles. The summed E-state index contributed by atoms with van der Waals surface area (Å²) < 4.78 is 11.5. The van der Waals surface area contributed by atoms with E-state index in [0.717, 1.165) is 50.0 Å². The number of nitrogens with zero attached hydrogens (tertiary/aromatic N) is 2. The summed E-state index contributed by atoms with van der Waals surface area (Å²) in [5.41, 5.74) is 15.8. The molecule has 0 aliphatic heterocycles. The quantitative estimate of drug-likeness (QED) is 0.173. The van der Waals surface area contributed by atoms with E-state index in [1.165, 1.54) is 60.3 Å². The lowest BCUT2D eigenvalue weighted by molar-refractivity contribution is 0.670. The maximum atomic E-state index is 6.71. The lowest BCUT2D eigenvalue weighted by Gasteiger charge is -2.13. The molecule has 0 saturated carbocycles. The molecule has 0 fully saturated rings. The molecule has 0 amide bonds. The summed E-state index contributed by atoms with van der Waals surface area (Å²) in [7, 11) is 0. The Kier molecular flexibility index (Phi) is 6.93. The van der Waals surface area contributed by atoms with E-state index in [0.29, 0.717) is 0 Å². The van der Waals surface area contributed by atoms with Crippen molar-refractivity contribution in [3.8, 4) is 44.8 Å². The van der Waals surface area contributed by atoms with Crippen LogP contribution in [0.2, 0.25) is 0 Å². The Morgan fingerprint density at radius 1 is 0.316 bits per heavy atom. The summed E-state index contributed by atoms with van der Waals surface area (Å²) in [6, 6.07) is 74.4. The number of fused-ring (bicyclic) bond motifs is 9. The van der Waals surface area contributed by atoms with Crippen LogP contribution in [0.1, 0.15) is 0 Å². The van der Waals surface area contributed by atoms with Crippen molar-refractivity contribution >= 4 is 65.6 Å². The third-order valence-electron chi connectivity index (χ3n) is 11.7. The molecule has 0 spiro atoms. The number of furan rings is 1. The topological polar surface area (TPSA) is 23.0 Å². The van der Waals surface area contributed by atoms with Gasteiger partial charge in [0.1, 0.15) is 11.2 Å². The highest BCUT2D eigenvalue weighted by Crippen LogP contribution is 2.43. The molecule has 0 atom stereocenters. The molecule has 12 aromatic rings. The number of hydrogen-bond donors (Lipinski definition) is 0. The van der Waals surface area contributed by atoms with E-state index >= 15 is 0 Å². The maximum absolute atomic E-state index is 6.71. The van der Waals surface area contributed by atoms with Gasteiger partial charge in [0.15, 0.2) is 0 Å². The van der Waals surface area contributed by atoms with Crippen LogP contribution < -0.4 is 0 Å². The van der Waals surface area contributed by atoms with E-state index in [4.69, 9.17) is 4.42 Å². The van der Waals surface area contributed by atoms with E-state index in [1.807, 2.05) is 0 Å². The van der Waals surface area contributed by atoms with Gasteiger partial charge in [-0.1, -0.05) is 146 Å². The molecule has 0 N–H and O–H groups in total. The van der Waals surface area contributed by atoms with Gasteiger partial charge in [0.05, 0.1) is 33.1 Å². The summed E-state index contributed by atoms with van der Waals surface area (Å²) in [6.45, 7) is 0. The zero-order valence-corrected chi connectivity index (χ0v) is 30.9. The standard InChI is InChI=1S/C54H34N2O/c1-3-13-35(14-4-1)36-23-27-40(28-24-36)55-47-20-10-8-18-43(47)46-33-38(26-31-49(46)55)39-25-29-44-42-17-7-11-21-48(42)56(51(44)34-39)50-32-30-41(37-15-5-2-6-16-37)54-53(50)45-19-9-12-22-52(45)57-54/h1-34H. The van der Waals surface area contributed by atoms with Gasteiger partial charge in [-0.2, -0.15) is 0 Å². The van der Waals surface area contributed by atoms with Crippen LogP contribution >= 0.6 is 0 Å². The smallest absolute Gasteiger partial charge is 0.145 e. The van der Waals surface area contributed by atoms with E-state index in [2.05, 4.69) is 215 Å². The van der Waals surface area contributed by atoms with E-state index < -0.39 is 0 Å². The highest BCUT2D eigenvalue weighted by atomic mass is 16.3. The highest BCUT2D eigenvalue weighted by molar-refractivity contribution is 6.17. The summed E-state index contributed by atoms with van der Waals surface area (Å²) in [5, 5.41) is 7.15. The molecule has 9 aromatic carbocycles. The Balaban J connectivity index is 1.06. The zero-order valence-electron chi connectivity index (χ0n) is 30.9. The molecule has 3 heteroatoms. The van der Waals surface area contributed by atoms with Crippen molar-refractivity contribution in [3.63, 3.8) is 0 Å². The van der Waals surface area contributed by atoms with Gasteiger partial charge in [0, 0.05) is 38.2 Å². The summed E-state index contributed by atoms with van der Waals surface area (Å²) in [5.74, 6) is 0. The molecule has 3 aromatic heterocycles. The van der Waals surface area contributed by atoms with Crippen molar-refractivity contribution in [3.05, 3.63) is 206 Å². The lowest BCUT2D eigenvalue weighted by atomic mass is 10.00. The number of benzene rings is 9. The molecule has 0 bridgehead atoms. The Morgan fingerprint density at radius 3 is 1.63 bits per heavy atom. The Morgan fingerprint density at radius 2 is 0.860 bits per heavy atom. The minimum Gasteiger partial charge on any atom is -0.455 e. The molecule has 12 rings (SSSR count). The van der Waals surface area contributed by atoms with E-state index in [9.17, 15) is 0 Å². The van der Waals surface area contributed by atoms with Crippen LogP contribution in [0, 0.1) is 0 Å². The largest absolute Gasteiger partial charge is 0.455 e. The fraction of sp³-hybridized carbons (Fsp3) is 0. The first-order valence-electron chi connectivity index (χ1n) is 19.5. The Labute approximate surface area is 328 Å². The van der Waals surface area contributed by atoms with Crippen LogP contribution in [0.3, 0.4) is 0 Å². The predicted octanol–water partition coefficient (Wildman–Crippen LogP) is 14.8. The third-order valence-corrected chi connectivity index (χ3v) is 11.7. The second kappa shape index (κ2) is 12.5. The molecular weight excluding hydrogens is 693 g/mol. The number of para-hydroxylation sites is 3. The number of hydrogen-bond acceptors (Lipinski definition) is 1. The monoisotopic (exact) mass is 726 g/mol. The third kappa shape index (κ3) is 4.86. The van der Waals surface area contributed by atoms with Crippen molar-refractivity contribution in [1.82, 2.24) is 9.13 Å². The Hall–Kier alpha value is -7.62. The average molecular weight is 727 g/mol. The molecular formula is C54H34N2O. The van der Waals surface area contributed by atoms with Crippen molar-refractivity contribution in [2.24, 2.45) is 0 Å². The lowest BCUT2D eigenvalue weighted by Crippen LogP contribution is -1.96. The van der Waals surface area contributed by atoms with Gasteiger partial charge in [-0.15, -0.1) is 0 Å². The van der Waals surface area contributed by atoms with Gasteiger partial charge >= 0.3 is 0 Å². The molecule has 0 saturated heterocycles. The molecule has 57 heavy (non-hydrogen) atoms. The first-order chi connectivity index (χ1) is 28.3. The van der Waals surface area contributed by atoms with Gasteiger partial charge in [-0.05, 0) is 88.5 Å².